The Morgan fingerprint density at radius 1 is 0.960 bits per heavy atom. The molecule has 0 aliphatic carbocycles. The lowest BCUT2D eigenvalue weighted by molar-refractivity contribution is -0.912. The number of hydrogen-bond donors (Lipinski definition) is 1. The maximum absolute atomic E-state index is 10.5. The summed E-state index contributed by atoms with van der Waals surface area (Å²) in [5.41, 5.74) is 0. The fourth-order valence-corrected chi connectivity index (χ4v) is 3.39. The summed E-state index contributed by atoms with van der Waals surface area (Å²) in [5, 5.41) is 12.9. The van der Waals surface area contributed by atoms with Gasteiger partial charge in [0.25, 0.3) is 0 Å². The van der Waals surface area contributed by atoms with Crippen LogP contribution in [0.1, 0.15) is 39.5 Å². The maximum atomic E-state index is 10.5. The van der Waals surface area contributed by atoms with Crippen molar-refractivity contribution in [3.05, 3.63) is 42.5 Å². The molecular formula is C22H34NO2+. The summed E-state index contributed by atoms with van der Waals surface area (Å²) in [6.07, 6.45) is 4.37. The van der Waals surface area contributed by atoms with Crippen molar-refractivity contribution in [1.82, 2.24) is 0 Å². The second-order valence-corrected chi connectivity index (χ2v) is 7.43. The second kappa shape index (κ2) is 9.79. The number of benzene rings is 2. The molecule has 0 aliphatic rings. The molecule has 2 aromatic carbocycles. The number of rotatable bonds is 11. The van der Waals surface area contributed by atoms with Gasteiger partial charge in [-0.2, -0.15) is 0 Å². The number of fused-ring (bicyclic) bond motifs is 1. The Balaban J connectivity index is 1.91. The lowest BCUT2D eigenvalue weighted by Crippen LogP contribution is -2.51. The van der Waals surface area contributed by atoms with Gasteiger partial charge in [0.15, 0.2) is 0 Å². The topological polar surface area (TPSA) is 29.5 Å². The van der Waals surface area contributed by atoms with E-state index in [1.807, 2.05) is 24.3 Å². The van der Waals surface area contributed by atoms with Gasteiger partial charge in [0.2, 0.25) is 0 Å². The van der Waals surface area contributed by atoms with E-state index in [0.29, 0.717) is 6.61 Å². The molecule has 0 radical (unpaired) electrons. The fraction of sp³-hybridized carbons (Fsp3) is 0.545. The molecule has 0 fully saturated rings. The van der Waals surface area contributed by atoms with E-state index >= 15 is 0 Å². The Bertz CT molecular complexity index is 633. The third-order valence-corrected chi connectivity index (χ3v) is 4.92. The molecule has 0 unspecified atom stereocenters. The molecule has 138 valence electrons. The van der Waals surface area contributed by atoms with Gasteiger partial charge in [-0.1, -0.05) is 57.0 Å². The highest BCUT2D eigenvalue weighted by Gasteiger charge is 2.25. The van der Waals surface area contributed by atoms with Crippen LogP contribution in [0.4, 0.5) is 0 Å². The monoisotopic (exact) mass is 344 g/mol. The number of quaternary nitrogens is 1. The number of aliphatic hydroxyl groups excluding tert-OH is 1. The van der Waals surface area contributed by atoms with Crippen LogP contribution >= 0.6 is 0 Å². The lowest BCUT2D eigenvalue weighted by atomic mass is 10.1. The lowest BCUT2D eigenvalue weighted by Gasteiger charge is -2.36. The van der Waals surface area contributed by atoms with Crippen molar-refractivity contribution in [3.8, 4) is 5.75 Å². The Morgan fingerprint density at radius 2 is 1.60 bits per heavy atom. The molecule has 1 atom stereocenters. The second-order valence-electron chi connectivity index (χ2n) is 7.43. The Hall–Kier alpha value is -1.58. The van der Waals surface area contributed by atoms with Crippen LogP contribution in [-0.2, 0) is 0 Å². The van der Waals surface area contributed by atoms with E-state index in [2.05, 4.69) is 39.1 Å². The predicted octanol–water partition coefficient (Wildman–Crippen LogP) is 4.63. The molecule has 0 aliphatic heterocycles. The van der Waals surface area contributed by atoms with Crippen molar-refractivity contribution in [2.45, 2.75) is 45.6 Å². The van der Waals surface area contributed by atoms with Crippen LogP contribution in [0.15, 0.2) is 42.5 Å². The average molecular weight is 345 g/mol. The smallest absolute Gasteiger partial charge is 0.137 e. The van der Waals surface area contributed by atoms with Crippen molar-refractivity contribution in [2.75, 3.05) is 33.3 Å². The molecule has 0 bridgehead atoms. The molecule has 25 heavy (non-hydrogen) atoms. The highest BCUT2D eigenvalue weighted by molar-refractivity contribution is 5.83. The minimum atomic E-state index is -0.440. The summed E-state index contributed by atoms with van der Waals surface area (Å²) in [4.78, 5) is 0. The normalized spacial score (nSPS) is 13.1. The fourth-order valence-electron chi connectivity index (χ4n) is 3.39. The van der Waals surface area contributed by atoms with Crippen LogP contribution in [0, 0.1) is 0 Å². The van der Waals surface area contributed by atoms with E-state index in [-0.39, 0.29) is 0 Å². The minimum Gasteiger partial charge on any atom is -0.491 e. The van der Waals surface area contributed by atoms with Crippen molar-refractivity contribution >= 4 is 10.8 Å². The summed E-state index contributed by atoms with van der Waals surface area (Å²) in [6.45, 7) is 7.82. The summed E-state index contributed by atoms with van der Waals surface area (Å²) in [6, 6.07) is 14.4. The molecule has 3 nitrogen and oxygen atoms in total. The molecule has 0 spiro atoms. The van der Waals surface area contributed by atoms with Crippen LogP contribution in [0.2, 0.25) is 0 Å². The van der Waals surface area contributed by atoms with E-state index in [4.69, 9.17) is 4.74 Å². The number of aliphatic hydroxyl groups is 1. The number of nitrogens with zero attached hydrogens (tertiary/aromatic N) is 1. The first-order valence-corrected chi connectivity index (χ1v) is 9.69. The van der Waals surface area contributed by atoms with Crippen molar-refractivity contribution in [1.29, 1.82) is 0 Å². The van der Waals surface area contributed by atoms with Gasteiger partial charge in [0.05, 0.1) is 20.1 Å². The van der Waals surface area contributed by atoms with Crippen LogP contribution in [-0.4, -0.2) is 49.0 Å². The highest BCUT2D eigenvalue weighted by atomic mass is 16.5. The third kappa shape index (κ3) is 6.33. The van der Waals surface area contributed by atoms with E-state index < -0.39 is 6.10 Å². The van der Waals surface area contributed by atoms with E-state index in [0.717, 1.165) is 29.9 Å². The Labute approximate surface area is 152 Å². The molecule has 0 amide bonds. The van der Waals surface area contributed by atoms with Crippen molar-refractivity contribution in [3.63, 3.8) is 0 Å². The molecule has 0 aromatic heterocycles. The molecule has 0 saturated heterocycles. The quantitative estimate of drug-likeness (QED) is 0.602. The molecular weight excluding hydrogens is 310 g/mol. The van der Waals surface area contributed by atoms with Gasteiger partial charge < -0.3 is 14.3 Å². The summed E-state index contributed by atoms with van der Waals surface area (Å²) < 4.78 is 6.81. The largest absolute Gasteiger partial charge is 0.491 e. The van der Waals surface area contributed by atoms with Gasteiger partial charge in [0.1, 0.15) is 25.0 Å². The molecule has 0 saturated carbocycles. The number of likely N-dealkylation sites (N-methyl/N-ethyl adjacent to an activating group) is 1. The first-order chi connectivity index (χ1) is 12.1. The first-order valence-electron chi connectivity index (χ1n) is 9.69. The first kappa shape index (κ1) is 19.7. The third-order valence-electron chi connectivity index (χ3n) is 4.92. The minimum absolute atomic E-state index is 0.352. The Morgan fingerprint density at radius 3 is 2.24 bits per heavy atom. The van der Waals surface area contributed by atoms with Gasteiger partial charge in [-0.05, 0) is 35.7 Å². The predicted molar refractivity (Wildman–Crippen MR) is 106 cm³/mol. The number of unbranched alkanes of at least 4 members (excludes halogenated alkanes) is 2. The highest BCUT2D eigenvalue weighted by Crippen LogP contribution is 2.21. The number of hydrogen-bond acceptors (Lipinski definition) is 2. The van der Waals surface area contributed by atoms with E-state index in [1.165, 1.54) is 36.5 Å². The zero-order valence-electron chi connectivity index (χ0n) is 16.1. The molecule has 0 heterocycles. The van der Waals surface area contributed by atoms with Gasteiger partial charge >= 0.3 is 0 Å². The van der Waals surface area contributed by atoms with Crippen LogP contribution in [0.5, 0.6) is 5.75 Å². The van der Waals surface area contributed by atoms with Gasteiger partial charge in [0, 0.05) is 0 Å². The maximum Gasteiger partial charge on any atom is 0.137 e. The summed E-state index contributed by atoms with van der Waals surface area (Å²) in [7, 11) is 2.27. The standard InChI is InChI=1S/C22H34NO2/c1-4-6-14-23(3,15-7-5-2)17-21(24)18-25-22-13-12-19-10-8-9-11-20(19)16-22/h8-13,16,21,24H,4-7,14-15,17-18H2,1-3H3/q+1/t21-/m0/s1. The molecule has 2 rings (SSSR count). The van der Waals surface area contributed by atoms with Gasteiger partial charge in [-0.15, -0.1) is 0 Å². The summed E-state index contributed by atoms with van der Waals surface area (Å²) >= 11 is 0. The molecule has 3 heteroatoms. The summed E-state index contributed by atoms with van der Waals surface area (Å²) in [5.74, 6) is 0.828. The van der Waals surface area contributed by atoms with Crippen molar-refractivity contribution in [2.24, 2.45) is 0 Å². The zero-order valence-corrected chi connectivity index (χ0v) is 16.1. The SMILES string of the molecule is CCCC[N+](C)(CCCC)C[C@H](O)COc1ccc2ccccc2c1. The zero-order chi connectivity index (χ0) is 18.1. The van der Waals surface area contributed by atoms with Crippen LogP contribution in [0.25, 0.3) is 10.8 Å². The van der Waals surface area contributed by atoms with Gasteiger partial charge in [-0.25, -0.2) is 0 Å². The Kier molecular flexibility index (Phi) is 7.73. The van der Waals surface area contributed by atoms with Crippen LogP contribution in [0.3, 0.4) is 0 Å². The molecule has 1 N–H and O–H groups in total. The van der Waals surface area contributed by atoms with E-state index in [9.17, 15) is 5.11 Å². The average Bonchev–Trinajstić information content (AvgIpc) is 2.63. The molecule has 2 aromatic rings. The van der Waals surface area contributed by atoms with Gasteiger partial charge in [-0.3, -0.25) is 0 Å². The number of ether oxygens (including phenoxy) is 1. The van der Waals surface area contributed by atoms with Crippen molar-refractivity contribution < 1.29 is 14.3 Å². The van der Waals surface area contributed by atoms with E-state index in [1.54, 1.807) is 0 Å². The van der Waals surface area contributed by atoms with Crippen LogP contribution < -0.4 is 4.74 Å².